The molecule has 0 aliphatic carbocycles. The monoisotopic (exact) mass is 338 g/mol. The predicted molar refractivity (Wildman–Crippen MR) is 80.9 cm³/mol. The van der Waals surface area contributed by atoms with Gasteiger partial charge in [-0.15, -0.1) is 0 Å². The van der Waals surface area contributed by atoms with E-state index in [0.717, 1.165) is 23.1 Å². The number of alkyl halides is 3. The predicted octanol–water partition coefficient (Wildman–Crippen LogP) is 3.55. The zero-order valence-corrected chi connectivity index (χ0v) is 12.2. The van der Waals surface area contributed by atoms with Gasteiger partial charge in [0.15, 0.2) is 0 Å². The number of hydrogen-bond donors (Lipinski definition) is 2. The number of carbonyl (C=O) groups excluding carboxylic acids is 1. The number of hydrogen-bond acceptors (Lipinski definition) is 2. The molecule has 24 heavy (non-hydrogen) atoms. The number of urea groups is 1. The molecule has 0 radical (unpaired) electrons. The first-order chi connectivity index (χ1) is 11.2. The lowest BCUT2D eigenvalue weighted by atomic mass is 10.1. The van der Waals surface area contributed by atoms with Gasteiger partial charge in [0.2, 0.25) is 0 Å². The first-order valence-corrected chi connectivity index (χ1v) is 6.76. The fourth-order valence-electron chi connectivity index (χ4n) is 2.25. The molecule has 3 N–H and O–H groups in total. The largest absolute Gasteiger partial charge is 0.481 e. The van der Waals surface area contributed by atoms with E-state index in [9.17, 15) is 22.8 Å². The molecule has 0 fully saturated rings. The number of nitrogens with zero attached hydrogens (tertiary/aromatic N) is 1. The van der Waals surface area contributed by atoms with Crippen molar-refractivity contribution in [1.29, 1.82) is 0 Å². The summed E-state index contributed by atoms with van der Waals surface area (Å²) in [7, 11) is 0. The molecule has 0 aliphatic heterocycles. The molecule has 0 aliphatic rings. The van der Waals surface area contributed by atoms with Crippen molar-refractivity contribution in [1.82, 2.24) is 0 Å². The number of carbonyl (C=O) groups is 2. The number of anilines is 2. The van der Waals surface area contributed by atoms with Gasteiger partial charge in [-0.25, -0.2) is 4.79 Å². The number of rotatable bonds is 4. The topological polar surface area (TPSA) is 83.6 Å². The third-order valence-electron chi connectivity index (χ3n) is 3.23. The van der Waals surface area contributed by atoms with Gasteiger partial charge in [-0.05, 0) is 29.8 Å². The van der Waals surface area contributed by atoms with E-state index in [1.54, 1.807) is 6.07 Å². The van der Waals surface area contributed by atoms with Crippen LogP contribution in [0.15, 0.2) is 48.5 Å². The lowest BCUT2D eigenvalue weighted by Crippen LogP contribution is -2.32. The van der Waals surface area contributed by atoms with E-state index in [1.807, 2.05) is 0 Å². The van der Waals surface area contributed by atoms with Crippen molar-refractivity contribution in [2.75, 3.05) is 4.90 Å². The second-order valence-corrected chi connectivity index (χ2v) is 4.92. The Morgan fingerprint density at radius 2 is 1.75 bits per heavy atom. The third-order valence-corrected chi connectivity index (χ3v) is 3.23. The highest BCUT2D eigenvalue weighted by atomic mass is 19.4. The Morgan fingerprint density at radius 3 is 2.33 bits per heavy atom. The first kappa shape index (κ1) is 17.3. The summed E-state index contributed by atoms with van der Waals surface area (Å²) in [6, 6.07) is 9.04. The number of para-hydroxylation sites is 1. The number of nitrogens with two attached hydrogens (primary N) is 1. The van der Waals surface area contributed by atoms with Crippen molar-refractivity contribution in [2.24, 2.45) is 5.73 Å². The van der Waals surface area contributed by atoms with E-state index in [2.05, 4.69) is 0 Å². The maximum absolute atomic E-state index is 12.9. The molecular formula is C16H13F3N2O3. The molecule has 0 unspecified atom stereocenters. The van der Waals surface area contributed by atoms with E-state index >= 15 is 0 Å². The zero-order chi connectivity index (χ0) is 17.9. The average Bonchev–Trinajstić information content (AvgIpc) is 2.48. The number of primary amides is 1. The van der Waals surface area contributed by atoms with Crippen LogP contribution in [0.1, 0.15) is 11.1 Å². The van der Waals surface area contributed by atoms with Crippen LogP contribution in [0.2, 0.25) is 0 Å². The molecule has 0 aromatic heterocycles. The molecule has 2 aromatic rings. The molecule has 0 atom stereocenters. The van der Waals surface area contributed by atoms with Crippen LogP contribution in [0.5, 0.6) is 0 Å². The van der Waals surface area contributed by atoms with Gasteiger partial charge in [-0.1, -0.05) is 24.3 Å². The fourth-order valence-corrected chi connectivity index (χ4v) is 2.25. The molecule has 2 rings (SSSR count). The second kappa shape index (κ2) is 6.61. The number of amides is 2. The Morgan fingerprint density at radius 1 is 1.08 bits per heavy atom. The maximum Gasteiger partial charge on any atom is 0.416 e. The highest BCUT2D eigenvalue weighted by Crippen LogP contribution is 2.34. The Hall–Kier alpha value is -3.03. The molecular weight excluding hydrogens is 325 g/mol. The van der Waals surface area contributed by atoms with E-state index in [1.165, 1.54) is 24.3 Å². The van der Waals surface area contributed by atoms with Crippen LogP contribution < -0.4 is 10.6 Å². The molecule has 0 saturated carbocycles. The van der Waals surface area contributed by atoms with Crippen LogP contribution in [-0.4, -0.2) is 17.1 Å². The van der Waals surface area contributed by atoms with Gasteiger partial charge in [-0.2, -0.15) is 13.2 Å². The standard InChI is InChI=1S/C16H13F3N2O3/c17-16(18,19)11-5-3-6-12(9-11)21(15(20)24)13-7-2-1-4-10(13)8-14(22)23/h1-7,9H,8H2,(H2,20,24)(H,22,23). The Balaban J connectivity index is 2.56. The number of aliphatic carboxylic acids is 1. The summed E-state index contributed by atoms with van der Waals surface area (Å²) in [6.45, 7) is 0. The van der Waals surface area contributed by atoms with E-state index in [0.29, 0.717) is 0 Å². The number of benzene rings is 2. The van der Waals surface area contributed by atoms with Gasteiger partial charge >= 0.3 is 18.2 Å². The van der Waals surface area contributed by atoms with Crippen molar-refractivity contribution in [3.63, 3.8) is 0 Å². The minimum atomic E-state index is -4.58. The van der Waals surface area contributed by atoms with Gasteiger partial charge < -0.3 is 10.8 Å². The lowest BCUT2D eigenvalue weighted by Gasteiger charge is -2.24. The maximum atomic E-state index is 12.9. The summed E-state index contributed by atoms with van der Waals surface area (Å²) >= 11 is 0. The van der Waals surface area contributed by atoms with Crippen LogP contribution in [0.25, 0.3) is 0 Å². The molecule has 0 bridgehead atoms. The average molecular weight is 338 g/mol. The number of halogens is 3. The van der Waals surface area contributed by atoms with Gasteiger partial charge in [0.1, 0.15) is 0 Å². The third kappa shape index (κ3) is 3.83. The Labute approximate surface area is 135 Å². The first-order valence-electron chi connectivity index (χ1n) is 6.76. The quantitative estimate of drug-likeness (QED) is 0.894. The van der Waals surface area contributed by atoms with Gasteiger partial charge in [0, 0.05) is 0 Å². The Kier molecular flexibility index (Phi) is 4.77. The number of carboxylic acid groups (broad SMARTS) is 1. The summed E-state index contributed by atoms with van der Waals surface area (Å²) in [4.78, 5) is 23.6. The van der Waals surface area contributed by atoms with Gasteiger partial charge in [-0.3, -0.25) is 9.69 Å². The SMILES string of the molecule is NC(=O)N(c1cccc(C(F)(F)F)c1)c1ccccc1CC(=O)O. The van der Waals surface area contributed by atoms with E-state index < -0.39 is 30.2 Å². The molecule has 126 valence electrons. The molecule has 2 amide bonds. The van der Waals surface area contributed by atoms with Crippen molar-refractivity contribution in [3.8, 4) is 0 Å². The summed E-state index contributed by atoms with van der Waals surface area (Å²) in [5, 5.41) is 8.95. The lowest BCUT2D eigenvalue weighted by molar-refractivity contribution is -0.138. The minimum absolute atomic E-state index is 0.102. The van der Waals surface area contributed by atoms with Crippen molar-refractivity contribution < 1.29 is 27.9 Å². The Bertz CT molecular complexity index is 775. The normalized spacial score (nSPS) is 11.1. The summed E-state index contributed by atoms with van der Waals surface area (Å²) in [5.74, 6) is -1.14. The van der Waals surface area contributed by atoms with E-state index in [4.69, 9.17) is 10.8 Å². The fraction of sp³-hybridized carbons (Fsp3) is 0.125. The highest BCUT2D eigenvalue weighted by Gasteiger charge is 2.31. The zero-order valence-electron chi connectivity index (χ0n) is 12.2. The summed E-state index contributed by atoms with van der Waals surface area (Å²) in [5.41, 5.74) is 4.64. The van der Waals surface area contributed by atoms with E-state index in [-0.39, 0.29) is 16.9 Å². The highest BCUT2D eigenvalue weighted by molar-refractivity contribution is 5.99. The van der Waals surface area contributed by atoms with Crippen LogP contribution in [-0.2, 0) is 17.4 Å². The minimum Gasteiger partial charge on any atom is -0.481 e. The second-order valence-electron chi connectivity index (χ2n) is 4.92. The van der Waals surface area contributed by atoms with Gasteiger partial charge in [0.05, 0.1) is 23.4 Å². The van der Waals surface area contributed by atoms with Crippen molar-refractivity contribution in [2.45, 2.75) is 12.6 Å². The molecule has 0 heterocycles. The molecule has 0 spiro atoms. The summed E-state index contributed by atoms with van der Waals surface area (Å²) < 4.78 is 38.6. The molecule has 0 saturated heterocycles. The van der Waals surface area contributed by atoms with Crippen molar-refractivity contribution in [3.05, 3.63) is 59.7 Å². The smallest absolute Gasteiger partial charge is 0.416 e. The van der Waals surface area contributed by atoms with Crippen LogP contribution in [0.4, 0.5) is 29.3 Å². The van der Waals surface area contributed by atoms with Crippen molar-refractivity contribution >= 4 is 23.4 Å². The summed E-state index contributed by atoms with van der Waals surface area (Å²) in [6.07, 6.45) is -4.99. The van der Waals surface area contributed by atoms with Crippen LogP contribution in [0.3, 0.4) is 0 Å². The molecule has 5 nitrogen and oxygen atoms in total. The van der Waals surface area contributed by atoms with Crippen LogP contribution in [0, 0.1) is 0 Å². The number of carboxylic acids is 1. The molecule has 2 aromatic carbocycles. The van der Waals surface area contributed by atoms with Gasteiger partial charge in [0.25, 0.3) is 0 Å². The van der Waals surface area contributed by atoms with Crippen LogP contribution >= 0.6 is 0 Å². The molecule has 8 heteroatoms.